The number of amides is 1. The lowest BCUT2D eigenvalue weighted by molar-refractivity contribution is -0.116. The Balaban J connectivity index is 2.92. The van der Waals surface area contributed by atoms with Gasteiger partial charge in [-0.05, 0) is 30.5 Å². The largest absolute Gasteiger partial charge is 0.325 e. The summed E-state index contributed by atoms with van der Waals surface area (Å²) >= 11 is 0. The van der Waals surface area contributed by atoms with Crippen LogP contribution >= 0.6 is 0 Å². The van der Waals surface area contributed by atoms with E-state index in [-0.39, 0.29) is 5.91 Å². The normalized spacial score (nSPS) is 9.83. The van der Waals surface area contributed by atoms with E-state index in [4.69, 9.17) is 5.73 Å². The van der Waals surface area contributed by atoms with Crippen LogP contribution in [0.1, 0.15) is 31.4 Å². The zero-order chi connectivity index (χ0) is 13.5. The molecule has 0 unspecified atom stereocenters. The van der Waals surface area contributed by atoms with Crippen molar-refractivity contribution < 1.29 is 4.79 Å². The molecule has 0 aliphatic rings. The van der Waals surface area contributed by atoms with Gasteiger partial charge in [-0.15, -0.1) is 0 Å². The topological polar surface area (TPSA) is 55.1 Å². The van der Waals surface area contributed by atoms with Gasteiger partial charge < -0.3 is 11.1 Å². The summed E-state index contributed by atoms with van der Waals surface area (Å²) in [5, 5.41) is 2.91. The number of rotatable bonds is 3. The summed E-state index contributed by atoms with van der Waals surface area (Å²) in [6, 6.07) is 5.81. The van der Waals surface area contributed by atoms with E-state index in [1.165, 1.54) is 0 Å². The van der Waals surface area contributed by atoms with Crippen LogP contribution in [0.4, 0.5) is 5.69 Å². The van der Waals surface area contributed by atoms with Crippen LogP contribution in [-0.4, -0.2) is 12.5 Å². The first-order valence-electron chi connectivity index (χ1n) is 6.12. The maximum atomic E-state index is 11.8. The molecular weight excluding hydrogens is 224 g/mol. The molecular formula is C15H20N2O. The first-order chi connectivity index (χ1) is 8.52. The van der Waals surface area contributed by atoms with E-state index in [2.05, 4.69) is 17.2 Å². The van der Waals surface area contributed by atoms with Gasteiger partial charge in [0.1, 0.15) is 0 Å². The van der Waals surface area contributed by atoms with Gasteiger partial charge in [0.05, 0.1) is 12.2 Å². The maximum absolute atomic E-state index is 11.8. The van der Waals surface area contributed by atoms with Crippen LogP contribution in [0.2, 0.25) is 0 Å². The van der Waals surface area contributed by atoms with Crippen LogP contribution in [0, 0.1) is 24.7 Å². The van der Waals surface area contributed by atoms with E-state index in [1.807, 2.05) is 39.0 Å². The molecule has 0 saturated heterocycles. The Bertz CT molecular complexity index is 481. The Labute approximate surface area is 109 Å². The van der Waals surface area contributed by atoms with Gasteiger partial charge in [-0.2, -0.15) is 0 Å². The van der Waals surface area contributed by atoms with E-state index >= 15 is 0 Å². The first-order valence-corrected chi connectivity index (χ1v) is 6.12. The van der Waals surface area contributed by atoms with Gasteiger partial charge in [0.15, 0.2) is 0 Å². The van der Waals surface area contributed by atoms with Crippen LogP contribution in [0.3, 0.4) is 0 Å². The fourth-order valence-corrected chi connectivity index (χ4v) is 1.59. The molecule has 1 aromatic rings. The summed E-state index contributed by atoms with van der Waals surface area (Å²) in [6.07, 6.45) is 0.512. The van der Waals surface area contributed by atoms with Gasteiger partial charge in [-0.3, -0.25) is 4.79 Å². The van der Waals surface area contributed by atoms with Crippen molar-refractivity contribution in [2.75, 3.05) is 11.9 Å². The summed E-state index contributed by atoms with van der Waals surface area (Å²) in [4.78, 5) is 11.8. The highest BCUT2D eigenvalue weighted by Crippen LogP contribution is 2.17. The van der Waals surface area contributed by atoms with Crippen LogP contribution < -0.4 is 11.1 Å². The fourth-order valence-electron chi connectivity index (χ4n) is 1.59. The number of nitrogens with two attached hydrogens (primary N) is 1. The second-order valence-electron chi connectivity index (χ2n) is 4.70. The molecule has 0 aromatic heterocycles. The van der Waals surface area contributed by atoms with E-state index in [1.54, 1.807) is 0 Å². The van der Waals surface area contributed by atoms with Crippen LogP contribution in [0.15, 0.2) is 18.2 Å². The molecule has 0 aliphatic carbocycles. The maximum Gasteiger partial charge on any atom is 0.224 e. The van der Waals surface area contributed by atoms with Crippen molar-refractivity contribution in [3.63, 3.8) is 0 Å². The molecule has 0 aliphatic heterocycles. The Morgan fingerprint density at radius 2 is 2.17 bits per heavy atom. The van der Waals surface area contributed by atoms with Crippen LogP contribution in [-0.2, 0) is 4.79 Å². The van der Waals surface area contributed by atoms with E-state index in [0.717, 1.165) is 16.8 Å². The number of nitrogens with one attached hydrogen (secondary N) is 1. The van der Waals surface area contributed by atoms with Crippen molar-refractivity contribution in [3.05, 3.63) is 29.3 Å². The molecule has 96 valence electrons. The number of carbonyl (C=O) groups is 1. The van der Waals surface area contributed by atoms with Gasteiger partial charge in [0.25, 0.3) is 0 Å². The number of benzene rings is 1. The second-order valence-corrected chi connectivity index (χ2v) is 4.70. The lowest BCUT2D eigenvalue weighted by Gasteiger charge is -2.10. The number of anilines is 1. The molecule has 3 N–H and O–H groups in total. The predicted octanol–water partition coefficient (Wildman–Crippen LogP) is 2.29. The first kappa shape index (κ1) is 14.3. The van der Waals surface area contributed by atoms with Crippen molar-refractivity contribution in [3.8, 4) is 11.8 Å². The molecule has 0 heterocycles. The zero-order valence-electron chi connectivity index (χ0n) is 11.2. The Morgan fingerprint density at radius 1 is 1.44 bits per heavy atom. The molecule has 1 amide bonds. The van der Waals surface area contributed by atoms with Gasteiger partial charge in [-0.25, -0.2) is 0 Å². The number of carbonyl (C=O) groups excluding carboxylic acids is 1. The minimum atomic E-state index is 0.0198. The van der Waals surface area contributed by atoms with Crippen LogP contribution in [0.25, 0.3) is 0 Å². The SMILES string of the molecule is Cc1ccc(C#CCN)c(NC(=O)CC(C)C)c1. The summed E-state index contributed by atoms with van der Waals surface area (Å²) in [5.41, 5.74) is 8.03. The summed E-state index contributed by atoms with van der Waals surface area (Å²) in [6.45, 7) is 6.33. The molecule has 0 saturated carbocycles. The molecule has 18 heavy (non-hydrogen) atoms. The van der Waals surface area contributed by atoms with Gasteiger partial charge in [0.2, 0.25) is 5.91 Å². The third kappa shape index (κ3) is 4.60. The molecule has 1 rings (SSSR count). The van der Waals surface area contributed by atoms with E-state index in [9.17, 15) is 4.79 Å². The Hall–Kier alpha value is -1.79. The molecule has 0 fully saturated rings. The quantitative estimate of drug-likeness (QED) is 0.801. The molecule has 3 heteroatoms. The summed E-state index contributed by atoms with van der Waals surface area (Å²) in [7, 11) is 0. The number of aryl methyl sites for hydroxylation is 1. The van der Waals surface area contributed by atoms with Gasteiger partial charge in [0, 0.05) is 12.0 Å². The third-order valence-electron chi connectivity index (χ3n) is 2.37. The minimum Gasteiger partial charge on any atom is -0.325 e. The standard InChI is InChI=1S/C15H20N2O/c1-11(2)9-15(18)17-14-10-12(3)6-7-13(14)5-4-8-16/h6-7,10-11H,8-9,16H2,1-3H3,(H,17,18). The number of hydrogen-bond acceptors (Lipinski definition) is 2. The van der Waals surface area contributed by atoms with E-state index in [0.29, 0.717) is 18.9 Å². The monoisotopic (exact) mass is 244 g/mol. The minimum absolute atomic E-state index is 0.0198. The highest BCUT2D eigenvalue weighted by atomic mass is 16.1. The van der Waals surface area contributed by atoms with Crippen molar-refractivity contribution >= 4 is 11.6 Å². The molecule has 0 radical (unpaired) electrons. The molecule has 1 aromatic carbocycles. The highest BCUT2D eigenvalue weighted by Gasteiger charge is 2.07. The predicted molar refractivity (Wildman–Crippen MR) is 75.2 cm³/mol. The zero-order valence-corrected chi connectivity index (χ0v) is 11.2. The van der Waals surface area contributed by atoms with Crippen molar-refractivity contribution in [2.45, 2.75) is 27.2 Å². The lowest BCUT2D eigenvalue weighted by atomic mass is 10.1. The van der Waals surface area contributed by atoms with Gasteiger partial charge >= 0.3 is 0 Å². The lowest BCUT2D eigenvalue weighted by Crippen LogP contribution is -2.14. The average Bonchev–Trinajstić information content (AvgIpc) is 2.26. The fraction of sp³-hybridized carbons (Fsp3) is 0.400. The molecule has 0 bridgehead atoms. The molecule has 3 nitrogen and oxygen atoms in total. The highest BCUT2D eigenvalue weighted by molar-refractivity contribution is 5.92. The van der Waals surface area contributed by atoms with Crippen molar-refractivity contribution in [1.29, 1.82) is 0 Å². The third-order valence-corrected chi connectivity index (χ3v) is 2.37. The Morgan fingerprint density at radius 3 is 2.78 bits per heavy atom. The number of hydrogen-bond donors (Lipinski definition) is 2. The second kappa shape index (κ2) is 6.83. The van der Waals surface area contributed by atoms with Crippen LogP contribution in [0.5, 0.6) is 0 Å². The Kier molecular flexibility index (Phi) is 5.41. The van der Waals surface area contributed by atoms with E-state index < -0.39 is 0 Å². The van der Waals surface area contributed by atoms with Crippen molar-refractivity contribution in [2.24, 2.45) is 11.7 Å². The molecule has 0 spiro atoms. The average molecular weight is 244 g/mol. The smallest absolute Gasteiger partial charge is 0.224 e. The summed E-state index contributed by atoms with van der Waals surface area (Å²) < 4.78 is 0. The van der Waals surface area contributed by atoms with Crippen molar-refractivity contribution in [1.82, 2.24) is 0 Å². The summed E-state index contributed by atoms with van der Waals surface area (Å²) in [5.74, 6) is 6.13. The van der Waals surface area contributed by atoms with Gasteiger partial charge in [-0.1, -0.05) is 31.8 Å². The molecule has 0 atom stereocenters.